The van der Waals surface area contributed by atoms with Crippen LogP contribution in [-0.4, -0.2) is 49.9 Å². The van der Waals surface area contributed by atoms with E-state index >= 15 is 0 Å². The van der Waals surface area contributed by atoms with E-state index in [2.05, 4.69) is 23.2 Å². The Hall–Kier alpha value is -1.23. The summed E-state index contributed by atoms with van der Waals surface area (Å²) in [7, 11) is 0. The van der Waals surface area contributed by atoms with E-state index in [-0.39, 0.29) is 6.10 Å². The molecule has 2 unspecified atom stereocenters. The minimum absolute atomic E-state index is 0.147. The number of piperazine rings is 1. The molecular weight excluding hydrogens is 238 g/mol. The number of rotatable bonds is 2. The van der Waals surface area contributed by atoms with Gasteiger partial charge in [-0.3, -0.25) is 4.90 Å². The van der Waals surface area contributed by atoms with Crippen LogP contribution in [0, 0.1) is 12.3 Å². The molecule has 1 aromatic rings. The largest absolute Gasteiger partial charge is 0.370 e. The van der Waals surface area contributed by atoms with Gasteiger partial charge in [0, 0.05) is 38.4 Å². The Balaban J connectivity index is 1.81. The summed E-state index contributed by atoms with van der Waals surface area (Å²) in [6.07, 6.45) is 1.57. The average Bonchev–Trinajstić information content (AvgIpc) is 2.47. The van der Waals surface area contributed by atoms with Crippen molar-refractivity contribution >= 4 is 6.21 Å². The lowest BCUT2D eigenvalue weighted by Crippen LogP contribution is -2.57. The zero-order valence-electron chi connectivity index (χ0n) is 11.4. The van der Waals surface area contributed by atoms with Gasteiger partial charge in [0.15, 0.2) is 0 Å². The number of morpholine rings is 1. The summed E-state index contributed by atoms with van der Waals surface area (Å²) < 4.78 is 6.06. The number of ether oxygens (including phenoxy) is 1. The third kappa shape index (κ3) is 2.43. The monoisotopic (exact) mass is 259 g/mol. The highest BCUT2D eigenvalue weighted by molar-refractivity contribution is 5.79. The average molecular weight is 259 g/mol. The Kier molecular flexibility index (Phi) is 3.64. The first kappa shape index (κ1) is 12.8. The van der Waals surface area contributed by atoms with E-state index in [1.165, 1.54) is 17.3 Å². The molecule has 4 heteroatoms. The standard InChI is InChI=1S/C15H21N3O/c1-11-12(7-16)3-2-4-14(11)15-9-18-6-5-17-8-13(18)10-19-15/h2-4,7,13,15-17H,5-6,8-10H2,1H3. The SMILES string of the molecule is Cc1c(C=N)cccc1C1CN2CCNCC2CO1. The molecule has 102 valence electrons. The van der Waals surface area contributed by atoms with Crippen molar-refractivity contribution in [3.05, 3.63) is 34.9 Å². The minimum Gasteiger partial charge on any atom is -0.370 e. The summed E-state index contributed by atoms with van der Waals surface area (Å²) in [6.45, 7) is 7.06. The van der Waals surface area contributed by atoms with Gasteiger partial charge >= 0.3 is 0 Å². The maximum atomic E-state index is 7.46. The number of nitrogens with zero attached hydrogens (tertiary/aromatic N) is 1. The molecule has 2 aliphatic heterocycles. The highest BCUT2D eigenvalue weighted by atomic mass is 16.5. The van der Waals surface area contributed by atoms with Crippen LogP contribution in [0.2, 0.25) is 0 Å². The molecular formula is C15H21N3O. The van der Waals surface area contributed by atoms with Crippen LogP contribution in [0.25, 0.3) is 0 Å². The van der Waals surface area contributed by atoms with Gasteiger partial charge in [-0.1, -0.05) is 18.2 Å². The van der Waals surface area contributed by atoms with Gasteiger partial charge in [-0.15, -0.1) is 0 Å². The van der Waals surface area contributed by atoms with Gasteiger partial charge in [0.05, 0.1) is 12.7 Å². The second-order valence-corrected chi connectivity index (χ2v) is 5.38. The van der Waals surface area contributed by atoms with E-state index in [1.807, 2.05) is 12.1 Å². The summed E-state index contributed by atoms with van der Waals surface area (Å²) in [4.78, 5) is 2.53. The van der Waals surface area contributed by atoms with E-state index in [0.717, 1.165) is 38.3 Å². The molecule has 2 atom stereocenters. The molecule has 2 heterocycles. The second-order valence-electron chi connectivity index (χ2n) is 5.38. The van der Waals surface area contributed by atoms with Crippen LogP contribution in [0.4, 0.5) is 0 Å². The number of benzene rings is 1. The summed E-state index contributed by atoms with van der Waals surface area (Å²) in [5, 5.41) is 10.9. The Labute approximate surface area is 114 Å². The zero-order chi connectivity index (χ0) is 13.2. The first-order valence-corrected chi connectivity index (χ1v) is 6.96. The smallest absolute Gasteiger partial charge is 0.0955 e. The van der Waals surface area contributed by atoms with Crippen LogP contribution in [0.5, 0.6) is 0 Å². The summed E-state index contributed by atoms with van der Waals surface area (Å²) in [5.41, 5.74) is 3.40. The fourth-order valence-electron chi connectivity index (χ4n) is 3.07. The van der Waals surface area contributed by atoms with Crippen molar-refractivity contribution in [1.29, 1.82) is 5.41 Å². The summed E-state index contributed by atoms with van der Waals surface area (Å²) in [6, 6.07) is 6.67. The van der Waals surface area contributed by atoms with Crippen LogP contribution in [0.15, 0.2) is 18.2 Å². The lowest BCUT2D eigenvalue weighted by atomic mass is 9.96. The lowest BCUT2D eigenvalue weighted by molar-refractivity contribution is -0.0719. The van der Waals surface area contributed by atoms with Crippen LogP contribution in [0.3, 0.4) is 0 Å². The topological polar surface area (TPSA) is 48.4 Å². The normalized spacial score (nSPS) is 27.8. The highest BCUT2D eigenvalue weighted by Crippen LogP contribution is 2.28. The third-order valence-corrected chi connectivity index (χ3v) is 4.28. The second kappa shape index (κ2) is 5.41. The Morgan fingerprint density at radius 1 is 1.47 bits per heavy atom. The van der Waals surface area contributed by atoms with E-state index < -0.39 is 0 Å². The molecule has 0 spiro atoms. The molecule has 4 nitrogen and oxygen atoms in total. The number of hydrogen-bond donors (Lipinski definition) is 2. The lowest BCUT2D eigenvalue weighted by Gasteiger charge is -2.43. The van der Waals surface area contributed by atoms with Crippen LogP contribution < -0.4 is 5.32 Å². The molecule has 0 aromatic heterocycles. The molecule has 3 rings (SSSR count). The van der Waals surface area contributed by atoms with Crippen molar-refractivity contribution in [2.75, 3.05) is 32.8 Å². The van der Waals surface area contributed by atoms with E-state index in [0.29, 0.717) is 6.04 Å². The van der Waals surface area contributed by atoms with Gasteiger partial charge in [0.1, 0.15) is 0 Å². The molecule has 0 amide bonds. The summed E-state index contributed by atoms with van der Waals surface area (Å²) in [5.74, 6) is 0. The van der Waals surface area contributed by atoms with Crippen molar-refractivity contribution < 1.29 is 4.74 Å². The van der Waals surface area contributed by atoms with Crippen LogP contribution >= 0.6 is 0 Å². The number of hydrogen-bond acceptors (Lipinski definition) is 4. The fraction of sp³-hybridized carbons (Fsp3) is 0.533. The van der Waals surface area contributed by atoms with Crippen molar-refractivity contribution in [2.24, 2.45) is 0 Å². The van der Waals surface area contributed by atoms with Crippen molar-refractivity contribution in [1.82, 2.24) is 10.2 Å². The molecule has 2 fully saturated rings. The van der Waals surface area contributed by atoms with E-state index in [1.54, 1.807) is 0 Å². The number of nitrogens with one attached hydrogen (secondary N) is 2. The van der Waals surface area contributed by atoms with Gasteiger partial charge in [-0.05, 0) is 23.6 Å². The molecule has 0 aliphatic carbocycles. The molecule has 19 heavy (non-hydrogen) atoms. The van der Waals surface area contributed by atoms with Crippen molar-refractivity contribution in [3.8, 4) is 0 Å². The maximum absolute atomic E-state index is 7.46. The fourth-order valence-corrected chi connectivity index (χ4v) is 3.07. The quantitative estimate of drug-likeness (QED) is 0.788. The summed E-state index contributed by atoms with van der Waals surface area (Å²) >= 11 is 0. The Morgan fingerprint density at radius 3 is 3.21 bits per heavy atom. The van der Waals surface area contributed by atoms with Crippen molar-refractivity contribution in [3.63, 3.8) is 0 Å². The molecule has 2 N–H and O–H groups in total. The van der Waals surface area contributed by atoms with E-state index in [4.69, 9.17) is 10.1 Å². The van der Waals surface area contributed by atoms with E-state index in [9.17, 15) is 0 Å². The minimum atomic E-state index is 0.147. The molecule has 1 aromatic carbocycles. The van der Waals surface area contributed by atoms with Gasteiger partial charge in [0.2, 0.25) is 0 Å². The Bertz CT molecular complexity index is 474. The predicted molar refractivity (Wildman–Crippen MR) is 76.0 cm³/mol. The van der Waals surface area contributed by atoms with Crippen molar-refractivity contribution in [2.45, 2.75) is 19.1 Å². The zero-order valence-corrected chi connectivity index (χ0v) is 11.4. The highest BCUT2D eigenvalue weighted by Gasteiger charge is 2.31. The maximum Gasteiger partial charge on any atom is 0.0955 e. The first-order valence-electron chi connectivity index (χ1n) is 6.96. The van der Waals surface area contributed by atoms with Gasteiger partial charge in [-0.2, -0.15) is 0 Å². The predicted octanol–water partition coefficient (Wildman–Crippen LogP) is 1.34. The molecule has 0 saturated carbocycles. The molecule has 0 bridgehead atoms. The third-order valence-electron chi connectivity index (χ3n) is 4.28. The van der Waals surface area contributed by atoms with Crippen LogP contribution in [0.1, 0.15) is 22.8 Å². The Morgan fingerprint density at radius 2 is 2.37 bits per heavy atom. The molecule has 2 saturated heterocycles. The molecule has 0 radical (unpaired) electrons. The van der Waals surface area contributed by atoms with Gasteiger partial charge in [-0.25, -0.2) is 0 Å². The van der Waals surface area contributed by atoms with Gasteiger partial charge in [0.25, 0.3) is 0 Å². The molecule has 2 aliphatic rings. The van der Waals surface area contributed by atoms with Crippen LogP contribution in [-0.2, 0) is 4.74 Å². The first-order chi connectivity index (χ1) is 9.29. The number of fused-ring (bicyclic) bond motifs is 1. The van der Waals surface area contributed by atoms with Gasteiger partial charge < -0.3 is 15.5 Å².